The molecule has 4 rings (SSSR count). The SMILES string of the molecule is CC[C@H]1CCCCN1CCCNC(=O)CN1C(=O)COc2ccc(S(=O)(=O)N3CCC(C)CC3)cc21. The van der Waals surface area contributed by atoms with Crippen molar-refractivity contribution in [2.75, 3.05) is 50.8 Å². The van der Waals surface area contributed by atoms with E-state index >= 15 is 0 Å². The van der Waals surface area contributed by atoms with Crippen molar-refractivity contribution >= 4 is 27.5 Å². The second-order valence-electron chi connectivity index (χ2n) is 10.3. The highest BCUT2D eigenvalue weighted by Crippen LogP contribution is 2.35. The van der Waals surface area contributed by atoms with Gasteiger partial charge in [-0.1, -0.05) is 20.3 Å². The lowest BCUT2D eigenvalue weighted by Gasteiger charge is -2.35. The first kappa shape index (κ1) is 26.9. The van der Waals surface area contributed by atoms with Gasteiger partial charge in [-0.25, -0.2) is 8.42 Å². The molecule has 0 unspecified atom stereocenters. The van der Waals surface area contributed by atoms with E-state index in [2.05, 4.69) is 24.1 Å². The number of carbonyl (C=O) groups is 2. The Bertz CT molecular complexity index is 1040. The highest BCUT2D eigenvalue weighted by molar-refractivity contribution is 7.89. The minimum Gasteiger partial charge on any atom is -0.482 e. The van der Waals surface area contributed by atoms with Crippen LogP contribution in [0.5, 0.6) is 5.75 Å². The van der Waals surface area contributed by atoms with Crippen LogP contribution in [0.1, 0.15) is 58.8 Å². The van der Waals surface area contributed by atoms with Gasteiger partial charge in [0.2, 0.25) is 15.9 Å². The van der Waals surface area contributed by atoms with Crippen molar-refractivity contribution in [2.45, 2.75) is 69.7 Å². The van der Waals surface area contributed by atoms with Crippen LogP contribution >= 0.6 is 0 Å². The van der Waals surface area contributed by atoms with Crippen LogP contribution in [-0.2, 0) is 19.6 Å². The zero-order chi connectivity index (χ0) is 25.7. The standard InChI is InChI=1S/C26H40N4O5S/c1-3-21-7-4-5-13-28(21)14-6-12-27-25(31)18-30-23-17-22(8-9-24(23)35-19-26(30)32)36(33,34)29-15-10-20(2)11-16-29/h8-9,17,20-21H,3-7,10-16,18-19H2,1-2H3,(H,27,31)/t21-/m0/s1. The molecule has 0 saturated carbocycles. The Balaban J connectivity index is 1.37. The number of nitrogens with zero attached hydrogens (tertiary/aromatic N) is 3. The van der Waals surface area contributed by atoms with Crippen molar-refractivity contribution in [1.82, 2.24) is 14.5 Å². The molecule has 0 aromatic heterocycles. The first-order valence-electron chi connectivity index (χ1n) is 13.4. The minimum absolute atomic E-state index is 0.117. The minimum atomic E-state index is -3.69. The van der Waals surface area contributed by atoms with E-state index in [1.165, 1.54) is 40.6 Å². The summed E-state index contributed by atoms with van der Waals surface area (Å²) in [7, 11) is -3.69. The molecule has 36 heavy (non-hydrogen) atoms. The summed E-state index contributed by atoms with van der Waals surface area (Å²) < 4.78 is 33.5. The molecular weight excluding hydrogens is 480 g/mol. The molecule has 1 aromatic carbocycles. The lowest BCUT2D eigenvalue weighted by atomic mass is 10.00. The molecule has 2 amide bonds. The molecule has 2 saturated heterocycles. The second kappa shape index (κ2) is 11.9. The van der Waals surface area contributed by atoms with Crippen molar-refractivity contribution in [3.05, 3.63) is 18.2 Å². The summed E-state index contributed by atoms with van der Waals surface area (Å²) in [6.07, 6.45) is 7.43. The monoisotopic (exact) mass is 520 g/mol. The number of amides is 2. The number of carbonyl (C=O) groups excluding carboxylic acids is 2. The molecule has 1 atom stereocenters. The molecule has 0 aliphatic carbocycles. The number of piperidine rings is 2. The number of likely N-dealkylation sites (tertiary alicyclic amines) is 1. The summed E-state index contributed by atoms with van der Waals surface area (Å²) in [5.41, 5.74) is 0.326. The van der Waals surface area contributed by atoms with Gasteiger partial charge in [-0.2, -0.15) is 4.31 Å². The van der Waals surface area contributed by atoms with E-state index in [4.69, 9.17) is 4.74 Å². The van der Waals surface area contributed by atoms with Crippen LogP contribution in [0.4, 0.5) is 5.69 Å². The van der Waals surface area contributed by atoms with Crippen molar-refractivity contribution < 1.29 is 22.7 Å². The Labute approximate surface area is 215 Å². The van der Waals surface area contributed by atoms with E-state index in [0.29, 0.717) is 43.0 Å². The molecule has 0 spiro atoms. The predicted molar refractivity (Wildman–Crippen MR) is 139 cm³/mol. The maximum atomic E-state index is 13.2. The second-order valence-corrected chi connectivity index (χ2v) is 12.2. The van der Waals surface area contributed by atoms with Crippen LogP contribution in [0.25, 0.3) is 0 Å². The van der Waals surface area contributed by atoms with Crippen LogP contribution in [0, 0.1) is 5.92 Å². The zero-order valence-electron chi connectivity index (χ0n) is 21.6. The van der Waals surface area contributed by atoms with Crippen LogP contribution in [0.15, 0.2) is 23.1 Å². The number of fused-ring (bicyclic) bond motifs is 1. The summed E-state index contributed by atoms with van der Waals surface area (Å²) in [6.45, 7) is 7.60. The summed E-state index contributed by atoms with van der Waals surface area (Å²) in [6, 6.07) is 5.20. The van der Waals surface area contributed by atoms with Gasteiger partial charge in [-0.15, -0.1) is 0 Å². The molecule has 2 fully saturated rings. The zero-order valence-corrected chi connectivity index (χ0v) is 22.4. The fraction of sp³-hybridized carbons (Fsp3) is 0.692. The molecule has 10 heteroatoms. The number of hydrogen-bond donors (Lipinski definition) is 1. The largest absolute Gasteiger partial charge is 0.482 e. The van der Waals surface area contributed by atoms with Gasteiger partial charge in [0.05, 0.1) is 10.6 Å². The highest BCUT2D eigenvalue weighted by atomic mass is 32.2. The molecule has 0 radical (unpaired) electrons. The van der Waals surface area contributed by atoms with Gasteiger partial charge in [-0.05, 0) is 69.2 Å². The number of nitrogens with one attached hydrogen (secondary N) is 1. The van der Waals surface area contributed by atoms with E-state index in [9.17, 15) is 18.0 Å². The quantitative estimate of drug-likeness (QED) is 0.503. The predicted octanol–water partition coefficient (Wildman–Crippen LogP) is 2.60. The molecule has 9 nitrogen and oxygen atoms in total. The van der Waals surface area contributed by atoms with E-state index in [1.807, 2.05) is 0 Å². The van der Waals surface area contributed by atoms with Crippen molar-refractivity contribution in [1.29, 1.82) is 0 Å². The fourth-order valence-electron chi connectivity index (χ4n) is 5.42. The van der Waals surface area contributed by atoms with Gasteiger partial charge in [0, 0.05) is 32.2 Å². The molecular formula is C26H40N4O5S. The molecule has 0 bridgehead atoms. The fourth-order valence-corrected chi connectivity index (χ4v) is 6.91. The lowest BCUT2D eigenvalue weighted by Crippen LogP contribution is -2.46. The van der Waals surface area contributed by atoms with Gasteiger partial charge >= 0.3 is 0 Å². The van der Waals surface area contributed by atoms with E-state index in [0.717, 1.165) is 38.8 Å². The average Bonchev–Trinajstić information content (AvgIpc) is 2.88. The Hall–Kier alpha value is -2.17. The van der Waals surface area contributed by atoms with E-state index in [-0.39, 0.29) is 29.9 Å². The highest BCUT2D eigenvalue weighted by Gasteiger charge is 2.32. The van der Waals surface area contributed by atoms with Crippen LogP contribution in [0.2, 0.25) is 0 Å². The molecule has 200 valence electrons. The Morgan fingerprint density at radius 1 is 1.14 bits per heavy atom. The van der Waals surface area contributed by atoms with Crippen LogP contribution in [0.3, 0.4) is 0 Å². The van der Waals surface area contributed by atoms with Gasteiger partial charge in [0.1, 0.15) is 12.3 Å². The molecule has 3 aliphatic rings. The average molecular weight is 521 g/mol. The summed E-state index contributed by atoms with van der Waals surface area (Å²) >= 11 is 0. The Morgan fingerprint density at radius 2 is 1.92 bits per heavy atom. The third kappa shape index (κ3) is 6.20. The number of benzene rings is 1. The number of rotatable bonds is 9. The maximum Gasteiger partial charge on any atom is 0.265 e. The van der Waals surface area contributed by atoms with Gasteiger partial charge in [-0.3, -0.25) is 14.5 Å². The summed E-state index contributed by atoms with van der Waals surface area (Å²) in [5.74, 6) is 0.288. The van der Waals surface area contributed by atoms with Crippen LogP contribution < -0.4 is 15.0 Å². The number of anilines is 1. The lowest BCUT2D eigenvalue weighted by molar-refractivity contribution is -0.125. The van der Waals surface area contributed by atoms with Gasteiger partial charge in [0.25, 0.3) is 5.91 Å². The molecule has 3 aliphatic heterocycles. The van der Waals surface area contributed by atoms with Crippen LogP contribution in [-0.4, -0.2) is 81.4 Å². The Kier molecular flexibility index (Phi) is 8.90. The summed E-state index contributed by atoms with van der Waals surface area (Å²) in [4.78, 5) is 29.3. The molecule has 1 aromatic rings. The van der Waals surface area contributed by atoms with E-state index in [1.54, 1.807) is 6.07 Å². The Morgan fingerprint density at radius 3 is 2.67 bits per heavy atom. The molecule has 1 N–H and O–H groups in total. The normalized spacial score (nSPS) is 22.2. The summed E-state index contributed by atoms with van der Waals surface area (Å²) in [5, 5.41) is 2.93. The molecule has 3 heterocycles. The van der Waals surface area contributed by atoms with Gasteiger partial charge in [0.15, 0.2) is 6.61 Å². The number of hydrogen-bond acceptors (Lipinski definition) is 6. The smallest absolute Gasteiger partial charge is 0.265 e. The van der Waals surface area contributed by atoms with Crippen molar-refractivity contribution in [2.24, 2.45) is 5.92 Å². The van der Waals surface area contributed by atoms with Crippen molar-refractivity contribution in [3.63, 3.8) is 0 Å². The first-order valence-corrected chi connectivity index (χ1v) is 14.8. The first-order chi connectivity index (χ1) is 17.3. The number of ether oxygens (including phenoxy) is 1. The topological polar surface area (TPSA) is 99.3 Å². The third-order valence-corrected chi connectivity index (χ3v) is 9.61. The maximum absolute atomic E-state index is 13.2. The van der Waals surface area contributed by atoms with Crippen molar-refractivity contribution in [3.8, 4) is 5.75 Å². The van der Waals surface area contributed by atoms with E-state index < -0.39 is 10.0 Å². The van der Waals surface area contributed by atoms with Gasteiger partial charge < -0.3 is 15.0 Å². The third-order valence-electron chi connectivity index (χ3n) is 7.72. The number of sulfonamides is 1.